The number of rotatable bonds is 6. The topological polar surface area (TPSA) is 84.9 Å². The smallest absolute Gasteiger partial charge is 0.392 e. The second-order valence-electron chi connectivity index (χ2n) is 6.56. The summed E-state index contributed by atoms with van der Waals surface area (Å²) in [6.07, 6.45) is -6.65. The Labute approximate surface area is 150 Å². The standard InChI is InChI=1S/C16H22F3NO5S/c1-4-26(22,23)20-13-11-9-10(24-8-7-16(17,18)19)5-6-12(11)25-15(2,3)14(13)21/h5-6,9,13-14,20-21H,4,7-8H2,1-3H3. The van der Waals surface area contributed by atoms with Gasteiger partial charge in [0.25, 0.3) is 0 Å². The minimum absolute atomic E-state index is 0.129. The van der Waals surface area contributed by atoms with E-state index in [1.165, 1.54) is 25.1 Å². The van der Waals surface area contributed by atoms with Crippen LogP contribution in [0, 0.1) is 0 Å². The van der Waals surface area contributed by atoms with Gasteiger partial charge in [-0.2, -0.15) is 13.2 Å². The molecule has 0 saturated carbocycles. The van der Waals surface area contributed by atoms with Crippen LogP contribution in [0.25, 0.3) is 0 Å². The highest BCUT2D eigenvalue weighted by molar-refractivity contribution is 7.89. The van der Waals surface area contributed by atoms with Crippen molar-refractivity contribution >= 4 is 10.0 Å². The number of hydrogen-bond acceptors (Lipinski definition) is 5. The molecule has 0 amide bonds. The molecule has 26 heavy (non-hydrogen) atoms. The van der Waals surface area contributed by atoms with E-state index in [0.717, 1.165) is 0 Å². The molecule has 148 valence electrons. The maximum atomic E-state index is 12.2. The molecule has 2 rings (SSSR count). The van der Waals surface area contributed by atoms with Gasteiger partial charge in [-0.05, 0) is 39.0 Å². The number of benzene rings is 1. The van der Waals surface area contributed by atoms with Gasteiger partial charge in [0.2, 0.25) is 10.0 Å². The summed E-state index contributed by atoms with van der Waals surface area (Å²) in [7, 11) is -3.65. The van der Waals surface area contributed by atoms with Gasteiger partial charge in [-0.3, -0.25) is 0 Å². The van der Waals surface area contributed by atoms with Crippen molar-refractivity contribution in [3.05, 3.63) is 23.8 Å². The fourth-order valence-corrected chi connectivity index (χ4v) is 3.37. The molecule has 1 aromatic rings. The number of fused-ring (bicyclic) bond motifs is 1. The Hall–Kier alpha value is -1.52. The predicted molar refractivity (Wildman–Crippen MR) is 88.7 cm³/mol. The molecular formula is C16H22F3NO5S. The third-order valence-electron chi connectivity index (χ3n) is 4.06. The minimum Gasteiger partial charge on any atom is -0.493 e. The van der Waals surface area contributed by atoms with Crippen LogP contribution in [0.2, 0.25) is 0 Å². The number of aliphatic hydroxyl groups is 1. The maximum absolute atomic E-state index is 12.2. The van der Waals surface area contributed by atoms with Gasteiger partial charge < -0.3 is 14.6 Å². The van der Waals surface area contributed by atoms with E-state index in [-0.39, 0.29) is 11.5 Å². The van der Waals surface area contributed by atoms with E-state index in [0.29, 0.717) is 11.3 Å². The highest BCUT2D eigenvalue weighted by atomic mass is 32.2. The zero-order chi connectivity index (χ0) is 19.8. The van der Waals surface area contributed by atoms with Gasteiger partial charge in [0.1, 0.15) is 23.2 Å². The molecule has 2 N–H and O–H groups in total. The third kappa shape index (κ3) is 5.01. The van der Waals surface area contributed by atoms with E-state index in [4.69, 9.17) is 9.47 Å². The van der Waals surface area contributed by atoms with Crippen LogP contribution in [0.5, 0.6) is 11.5 Å². The molecular weight excluding hydrogens is 375 g/mol. The van der Waals surface area contributed by atoms with Crippen LogP contribution in [0.15, 0.2) is 18.2 Å². The highest BCUT2D eigenvalue weighted by Gasteiger charge is 2.44. The van der Waals surface area contributed by atoms with Crippen molar-refractivity contribution in [1.29, 1.82) is 0 Å². The summed E-state index contributed by atoms with van der Waals surface area (Å²) in [6, 6.07) is 3.30. The van der Waals surface area contributed by atoms with E-state index >= 15 is 0 Å². The van der Waals surface area contributed by atoms with Crippen LogP contribution in [-0.4, -0.2) is 43.8 Å². The quantitative estimate of drug-likeness (QED) is 0.771. The fourth-order valence-electron chi connectivity index (χ4n) is 2.56. The molecule has 0 aliphatic carbocycles. The molecule has 2 unspecified atom stereocenters. The molecule has 1 aromatic carbocycles. The number of nitrogens with one attached hydrogen (secondary N) is 1. The van der Waals surface area contributed by atoms with E-state index < -0.39 is 47.0 Å². The minimum atomic E-state index is -4.34. The third-order valence-corrected chi connectivity index (χ3v) is 5.43. The van der Waals surface area contributed by atoms with Crippen LogP contribution in [0.3, 0.4) is 0 Å². The molecule has 0 aromatic heterocycles. The van der Waals surface area contributed by atoms with Crippen LogP contribution < -0.4 is 14.2 Å². The Kier molecular flexibility index (Phi) is 5.79. The Morgan fingerprint density at radius 2 is 2.00 bits per heavy atom. The second kappa shape index (κ2) is 7.24. The number of aliphatic hydroxyl groups excluding tert-OH is 1. The van der Waals surface area contributed by atoms with Gasteiger partial charge in [0.15, 0.2) is 0 Å². The van der Waals surface area contributed by atoms with Crippen molar-refractivity contribution in [2.24, 2.45) is 0 Å². The average molecular weight is 397 g/mol. The molecule has 0 radical (unpaired) electrons. The SMILES string of the molecule is CCS(=O)(=O)NC1c2cc(OCCC(F)(F)F)ccc2OC(C)(C)C1O. The lowest BCUT2D eigenvalue weighted by Gasteiger charge is -2.42. The fraction of sp³-hybridized carbons (Fsp3) is 0.625. The van der Waals surface area contributed by atoms with Gasteiger partial charge in [-0.15, -0.1) is 0 Å². The van der Waals surface area contributed by atoms with Crippen molar-refractivity contribution in [2.45, 2.75) is 51.1 Å². The summed E-state index contributed by atoms with van der Waals surface area (Å²) in [5, 5.41) is 10.5. The lowest BCUT2D eigenvalue weighted by atomic mass is 9.87. The van der Waals surface area contributed by atoms with E-state index in [1.807, 2.05) is 0 Å². The van der Waals surface area contributed by atoms with E-state index in [9.17, 15) is 26.7 Å². The number of halogens is 3. The predicted octanol–water partition coefficient (Wildman–Crippen LogP) is 2.53. The van der Waals surface area contributed by atoms with Crippen LogP contribution >= 0.6 is 0 Å². The number of hydrogen-bond donors (Lipinski definition) is 2. The Balaban J connectivity index is 2.31. The Morgan fingerprint density at radius 1 is 1.35 bits per heavy atom. The first kappa shape index (κ1) is 20.8. The maximum Gasteiger partial charge on any atom is 0.392 e. The number of alkyl halides is 3. The van der Waals surface area contributed by atoms with Crippen molar-refractivity contribution in [1.82, 2.24) is 4.72 Å². The van der Waals surface area contributed by atoms with Crippen molar-refractivity contribution < 1.29 is 36.2 Å². The summed E-state index contributed by atoms with van der Waals surface area (Å²) in [4.78, 5) is 0. The lowest BCUT2D eigenvalue weighted by molar-refractivity contribution is -0.139. The second-order valence-corrected chi connectivity index (χ2v) is 8.61. The molecule has 1 aliphatic heterocycles. The molecule has 0 bridgehead atoms. The van der Waals surface area contributed by atoms with Gasteiger partial charge in [-0.25, -0.2) is 13.1 Å². The first-order chi connectivity index (χ1) is 11.8. The zero-order valence-electron chi connectivity index (χ0n) is 14.6. The first-order valence-corrected chi connectivity index (χ1v) is 9.70. The molecule has 10 heteroatoms. The van der Waals surface area contributed by atoms with Gasteiger partial charge in [-0.1, -0.05) is 0 Å². The molecule has 2 atom stereocenters. The Morgan fingerprint density at radius 3 is 2.58 bits per heavy atom. The van der Waals surface area contributed by atoms with Crippen LogP contribution in [0.1, 0.15) is 38.8 Å². The zero-order valence-corrected chi connectivity index (χ0v) is 15.4. The van der Waals surface area contributed by atoms with Crippen LogP contribution in [-0.2, 0) is 10.0 Å². The van der Waals surface area contributed by atoms with E-state index in [2.05, 4.69) is 4.72 Å². The van der Waals surface area contributed by atoms with Crippen LogP contribution in [0.4, 0.5) is 13.2 Å². The number of ether oxygens (including phenoxy) is 2. The summed E-state index contributed by atoms with van der Waals surface area (Å²) in [5.74, 6) is 0.269. The molecule has 0 spiro atoms. The number of sulfonamides is 1. The normalized spacial score (nSPS) is 22.4. The highest BCUT2D eigenvalue weighted by Crippen LogP contribution is 2.41. The monoisotopic (exact) mass is 397 g/mol. The molecule has 6 nitrogen and oxygen atoms in total. The summed E-state index contributed by atoms with van der Waals surface area (Å²) < 4.78 is 73.9. The van der Waals surface area contributed by atoms with Gasteiger partial charge in [0, 0.05) is 5.56 Å². The molecule has 1 aliphatic rings. The van der Waals surface area contributed by atoms with E-state index in [1.54, 1.807) is 13.8 Å². The van der Waals surface area contributed by atoms with Gasteiger partial charge >= 0.3 is 6.18 Å². The van der Waals surface area contributed by atoms with Gasteiger partial charge in [0.05, 0.1) is 24.8 Å². The first-order valence-electron chi connectivity index (χ1n) is 8.05. The van der Waals surface area contributed by atoms with Crippen molar-refractivity contribution in [3.8, 4) is 11.5 Å². The molecule has 0 fully saturated rings. The molecule has 0 saturated heterocycles. The summed E-state index contributed by atoms with van der Waals surface area (Å²) in [5.41, 5.74) is -0.759. The largest absolute Gasteiger partial charge is 0.493 e. The summed E-state index contributed by atoms with van der Waals surface area (Å²) in [6.45, 7) is 4.11. The average Bonchev–Trinajstić information content (AvgIpc) is 2.51. The Bertz CT molecular complexity index is 749. The summed E-state index contributed by atoms with van der Waals surface area (Å²) >= 11 is 0. The lowest BCUT2D eigenvalue weighted by Crippen LogP contribution is -2.53. The van der Waals surface area contributed by atoms with Crippen molar-refractivity contribution in [2.75, 3.05) is 12.4 Å². The van der Waals surface area contributed by atoms with Crippen molar-refractivity contribution in [3.63, 3.8) is 0 Å². The molecule has 1 heterocycles.